The maximum absolute atomic E-state index is 6.26. The molecular formula is C17H24BNO2. The molecule has 3 nitrogen and oxygen atoms in total. The highest BCUT2D eigenvalue weighted by Gasteiger charge is 2.53. The molecule has 3 fully saturated rings. The molecule has 112 valence electrons. The minimum absolute atomic E-state index is 0.267. The fraction of sp³-hybridized carbons (Fsp3) is 0.706. The van der Waals surface area contributed by atoms with Crippen LogP contribution in [0.15, 0.2) is 12.3 Å². The highest BCUT2D eigenvalue weighted by atomic mass is 16.7. The molecule has 1 aromatic heterocycles. The molecule has 2 saturated carbocycles. The standard InChI is InChI=1S/C17H24BNO2/c1-16(2)17(3,4)21-18(20-16)14-9-13(11-5-6-11)10-19-15(14)12-7-8-12/h9-12H,5-8H2,1-4H3. The maximum atomic E-state index is 6.26. The third-order valence-electron chi connectivity index (χ3n) is 5.49. The molecule has 0 unspecified atom stereocenters. The van der Waals surface area contributed by atoms with Gasteiger partial charge in [0.2, 0.25) is 0 Å². The van der Waals surface area contributed by atoms with Gasteiger partial charge in [0, 0.05) is 23.3 Å². The lowest BCUT2D eigenvalue weighted by Gasteiger charge is -2.32. The Hall–Kier alpha value is -0.865. The predicted octanol–water partition coefficient (Wildman–Crippen LogP) is 3.14. The van der Waals surface area contributed by atoms with Gasteiger partial charge in [-0.1, -0.05) is 6.07 Å². The first-order valence-electron chi connectivity index (χ1n) is 8.23. The molecule has 3 aliphatic rings. The van der Waals surface area contributed by atoms with Crippen molar-refractivity contribution in [1.29, 1.82) is 0 Å². The molecule has 1 saturated heterocycles. The van der Waals surface area contributed by atoms with Crippen LogP contribution in [0.5, 0.6) is 0 Å². The van der Waals surface area contributed by atoms with E-state index in [4.69, 9.17) is 14.3 Å². The molecule has 21 heavy (non-hydrogen) atoms. The van der Waals surface area contributed by atoms with Gasteiger partial charge in [0.15, 0.2) is 0 Å². The van der Waals surface area contributed by atoms with Crippen LogP contribution in [0, 0.1) is 0 Å². The third kappa shape index (κ3) is 2.33. The molecule has 0 amide bonds. The predicted molar refractivity (Wildman–Crippen MR) is 83.9 cm³/mol. The number of aromatic nitrogens is 1. The van der Waals surface area contributed by atoms with Gasteiger partial charge in [0.1, 0.15) is 0 Å². The van der Waals surface area contributed by atoms with Gasteiger partial charge in [-0.3, -0.25) is 4.98 Å². The molecule has 2 aliphatic carbocycles. The lowest BCUT2D eigenvalue weighted by Crippen LogP contribution is -2.41. The zero-order chi connectivity index (χ0) is 14.8. The Kier molecular flexibility index (Phi) is 2.84. The van der Waals surface area contributed by atoms with Crippen molar-refractivity contribution in [1.82, 2.24) is 4.98 Å². The molecule has 0 N–H and O–H groups in total. The van der Waals surface area contributed by atoms with E-state index in [9.17, 15) is 0 Å². The molecule has 0 atom stereocenters. The number of pyridine rings is 1. The van der Waals surface area contributed by atoms with Crippen molar-refractivity contribution in [3.8, 4) is 0 Å². The van der Waals surface area contributed by atoms with Crippen molar-refractivity contribution >= 4 is 12.6 Å². The van der Waals surface area contributed by atoms with Crippen LogP contribution in [0.3, 0.4) is 0 Å². The van der Waals surface area contributed by atoms with E-state index in [1.165, 1.54) is 42.4 Å². The first-order valence-corrected chi connectivity index (χ1v) is 8.23. The summed E-state index contributed by atoms with van der Waals surface area (Å²) in [6, 6.07) is 2.31. The smallest absolute Gasteiger partial charge is 0.399 e. The summed E-state index contributed by atoms with van der Waals surface area (Å²) in [6.45, 7) is 8.45. The van der Waals surface area contributed by atoms with Gasteiger partial charge in [0.05, 0.1) is 11.2 Å². The summed E-state index contributed by atoms with van der Waals surface area (Å²) in [5.41, 5.74) is 3.19. The van der Waals surface area contributed by atoms with Crippen molar-refractivity contribution in [3.05, 3.63) is 23.5 Å². The molecule has 0 aromatic carbocycles. The van der Waals surface area contributed by atoms with Gasteiger partial charge >= 0.3 is 7.12 Å². The minimum atomic E-state index is -0.284. The average molecular weight is 285 g/mol. The van der Waals surface area contributed by atoms with Crippen molar-refractivity contribution in [3.63, 3.8) is 0 Å². The molecule has 1 aromatic rings. The summed E-state index contributed by atoms with van der Waals surface area (Å²) in [4.78, 5) is 4.78. The fourth-order valence-corrected chi connectivity index (χ4v) is 3.01. The Morgan fingerprint density at radius 2 is 1.57 bits per heavy atom. The second kappa shape index (κ2) is 4.33. The van der Waals surface area contributed by atoms with E-state index in [1.807, 2.05) is 0 Å². The number of hydrogen-bond donors (Lipinski definition) is 0. The molecule has 0 bridgehead atoms. The lowest BCUT2D eigenvalue weighted by molar-refractivity contribution is 0.00578. The monoisotopic (exact) mass is 285 g/mol. The van der Waals surface area contributed by atoms with Crippen molar-refractivity contribution < 1.29 is 9.31 Å². The average Bonchev–Trinajstić information content (AvgIpc) is 3.26. The van der Waals surface area contributed by atoms with Crippen LogP contribution in [0.25, 0.3) is 0 Å². The van der Waals surface area contributed by atoms with Crippen molar-refractivity contribution in [2.45, 2.75) is 76.4 Å². The summed E-state index contributed by atoms with van der Waals surface area (Å²) in [5, 5.41) is 0. The van der Waals surface area contributed by atoms with Gasteiger partial charge < -0.3 is 9.31 Å². The number of nitrogens with zero attached hydrogens (tertiary/aromatic N) is 1. The summed E-state index contributed by atoms with van der Waals surface area (Å²) in [7, 11) is -0.267. The van der Waals surface area contributed by atoms with Crippen LogP contribution >= 0.6 is 0 Å². The number of rotatable bonds is 3. The van der Waals surface area contributed by atoms with Crippen LogP contribution in [0.1, 0.15) is 76.5 Å². The number of hydrogen-bond acceptors (Lipinski definition) is 3. The Balaban J connectivity index is 1.71. The topological polar surface area (TPSA) is 31.4 Å². The Bertz CT molecular complexity index is 560. The Morgan fingerprint density at radius 1 is 1.00 bits per heavy atom. The molecule has 1 aliphatic heterocycles. The molecule has 2 heterocycles. The van der Waals surface area contributed by atoms with E-state index >= 15 is 0 Å². The maximum Gasteiger partial charge on any atom is 0.496 e. The Labute approximate surface area is 127 Å². The fourth-order valence-electron chi connectivity index (χ4n) is 3.01. The van der Waals surface area contributed by atoms with E-state index in [0.29, 0.717) is 11.8 Å². The van der Waals surface area contributed by atoms with E-state index in [1.54, 1.807) is 0 Å². The molecule has 0 spiro atoms. The summed E-state index contributed by atoms with van der Waals surface area (Å²) < 4.78 is 12.5. The summed E-state index contributed by atoms with van der Waals surface area (Å²) in [5.74, 6) is 1.33. The Morgan fingerprint density at radius 3 is 2.10 bits per heavy atom. The SMILES string of the molecule is CC1(C)OB(c2cc(C3CC3)cnc2C2CC2)OC1(C)C. The normalized spacial score (nSPS) is 27.1. The van der Waals surface area contributed by atoms with Crippen LogP contribution in [-0.2, 0) is 9.31 Å². The van der Waals surface area contributed by atoms with Crippen LogP contribution < -0.4 is 5.46 Å². The highest BCUT2D eigenvalue weighted by Crippen LogP contribution is 2.43. The van der Waals surface area contributed by atoms with Gasteiger partial charge in [-0.05, 0) is 64.9 Å². The lowest BCUT2D eigenvalue weighted by atomic mass is 9.76. The van der Waals surface area contributed by atoms with E-state index < -0.39 is 0 Å². The van der Waals surface area contributed by atoms with E-state index in [0.717, 1.165) is 0 Å². The van der Waals surface area contributed by atoms with Gasteiger partial charge in [0.25, 0.3) is 0 Å². The second-order valence-electron chi connectivity index (χ2n) is 7.88. The largest absolute Gasteiger partial charge is 0.496 e. The van der Waals surface area contributed by atoms with Crippen LogP contribution in [0.4, 0.5) is 0 Å². The quantitative estimate of drug-likeness (QED) is 0.799. The summed E-state index contributed by atoms with van der Waals surface area (Å²) >= 11 is 0. The van der Waals surface area contributed by atoms with Gasteiger partial charge in [-0.25, -0.2) is 0 Å². The zero-order valence-corrected chi connectivity index (χ0v) is 13.5. The molecule has 4 heteroatoms. The first-order chi connectivity index (χ1) is 9.87. The molecular weight excluding hydrogens is 261 g/mol. The minimum Gasteiger partial charge on any atom is -0.399 e. The first kappa shape index (κ1) is 13.8. The van der Waals surface area contributed by atoms with Gasteiger partial charge in [-0.2, -0.15) is 0 Å². The second-order valence-corrected chi connectivity index (χ2v) is 7.88. The third-order valence-corrected chi connectivity index (χ3v) is 5.49. The van der Waals surface area contributed by atoms with Crippen LogP contribution in [-0.4, -0.2) is 23.3 Å². The van der Waals surface area contributed by atoms with Crippen molar-refractivity contribution in [2.24, 2.45) is 0 Å². The van der Waals surface area contributed by atoms with Crippen LogP contribution in [0.2, 0.25) is 0 Å². The van der Waals surface area contributed by atoms with E-state index in [-0.39, 0.29) is 18.3 Å². The summed E-state index contributed by atoms with van der Waals surface area (Å²) in [6.07, 6.45) is 7.19. The molecule has 0 radical (unpaired) electrons. The highest BCUT2D eigenvalue weighted by molar-refractivity contribution is 6.62. The van der Waals surface area contributed by atoms with E-state index in [2.05, 4.69) is 40.0 Å². The zero-order valence-electron chi connectivity index (χ0n) is 13.5. The molecule has 4 rings (SSSR count). The van der Waals surface area contributed by atoms with Crippen molar-refractivity contribution in [2.75, 3.05) is 0 Å². The van der Waals surface area contributed by atoms with Gasteiger partial charge in [-0.15, -0.1) is 0 Å².